The molecule has 0 aromatic carbocycles. The van der Waals surface area contributed by atoms with E-state index in [9.17, 15) is 0 Å². The van der Waals surface area contributed by atoms with E-state index in [0.29, 0.717) is 9.04 Å². The highest BCUT2D eigenvalue weighted by Crippen LogP contribution is 2.21. The summed E-state index contributed by atoms with van der Waals surface area (Å²) in [5, 5.41) is 0. The van der Waals surface area contributed by atoms with Crippen molar-refractivity contribution in [1.82, 2.24) is 4.57 Å². The van der Waals surface area contributed by atoms with E-state index < -0.39 is 0 Å². The fourth-order valence-electron chi connectivity index (χ4n) is 2.03. The van der Waals surface area contributed by atoms with Gasteiger partial charge in [-0.3, -0.25) is 0 Å². The van der Waals surface area contributed by atoms with E-state index in [4.69, 9.17) is 0 Å². The van der Waals surface area contributed by atoms with Crippen molar-refractivity contribution in [1.29, 1.82) is 0 Å². The van der Waals surface area contributed by atoms with Crippen LogP contribution in [-0.2, 0) is 0 Å². The summed E-state index contributed by atoms with van der Waals surface area (Å²) >= 11 is 0. The van der Waals surface area contributed by atoms with Gasteiger partial charge in [0.15, 0.2) is 0 Å². The minimum absolute atomic E-state index is 0.265. The third kappa shape index (κ3) is 2.42. The molecule has 1 heterocycles. The van der Waals surface area contributed by atoms with E-state index in [0.717, 1.165) is 12.1 Å². The Morgan fingerprint density at radius 2 is 1.82 bits per heavy atom. The number of hydrogen-bond acceptors (Lipinski definition) is 1. The van der Waals surface area contributed by atoms with Crippen molar-refractivity contribution in [3.05, 3.63) is 0 Å². The molecule has 1 aliphatic heterocycles. The Bertz CT molecular complexity index is 109. The molecule has 1 saturated heterocycles. The monoisotopic (exact) mass is 187 g/mol. The molecule has 1 fully saturated rings. The second-order valence-electron chi connectivity index (χ2n) is 3.87. The van der Waals surface area contributed by atoms with Gasteiger partial charge in [-0.1, -0.05) is 26.8 Å². The van der Waals surface area contributed by atoms with Gasteiger partial charge in [0.1, 0.15) is 0 Å². The maximum absolute atomic E-state index is 2.86. The van der Waals surface area contributed by atoms with Crippen LogP contribution in [0.5, 0.6) is 0 Å². The molecule has 1 rings (SSSR count). The highest BCUT2D eigenvalue weighted by Gasteiger charge is 2.25. The van der Waals surface area contributed by atoms with E-state index in [1.165, 1.54) is 18.9 Å². The standard InChI is InChI=1S/C8H21NSi2/c1-4-10-11-9-7(2)5-6-8(9)3/h7-8H,4-6,10-11H2,1-3H3. The lowest BCUT2D eigenvalue weighted by atomic mass is 10.2. The first-order valence-electron chi connectivity index (χ1n) is 5.01. The summed E-state index contributed by atoms with van der Waals surface area (Å²) in [6, 6.07) is 3.41. The number of hydrogen-bond donors (Lipinski definition) is 0. The molecule has 0 radical (unpaired) electrons. The van der Waals surface area contributed by atoms with Gasteiger partial charge in [0.05, 0.1) is 9.20 Å². The van der Waals surface area contributed by atoms with Crippen LogP contribution < -0.4 is 0 Å². The van der Waals surface area contributed by atoms with Gasteiger partial charge in [0, 0.05) is 9.04 Å². The van der Waals surface area contributed by atoms with Crippen LogP contribution in [0, 0.1) is 0 Å². The van der Waals surface area contributed by atoms with Crippen LogP contribution in [0.15, 0.2) is 0 Å². The number of nitrogens with zero attached hydrogens (tertiary/aromatic N) is 1. The van der Waals surface area contributed by atoms with Crippen molar-refractivity contribution < 1.29 is 0 Å². The molecular formula is C8H21NSi2. The highest BCUT2D eigenvalue weighted by atomic mass is 29.1. The van der Waals surface area contributed by atoms with E-state index in [2.05, 4.69) is 25.3 Å². The second-order valence-corrected chi connectivity index (χ2v) is 10.2. The molecule has 0 saturated carbocycles. The lowest BCUT2D eigenvalue weighted by Crippen LogP contribution is -2.38. The van der Waals surface area contributed by atoms with Crippen LogP contribution in [0.3, 0.4) is 0 Å². The first kappa shape index (κ1) is 9.48. The molecule has 2 unspecified atom stereocenters. The van der Waals surface area contributed by atoms with E-state index in [1.54, 1.807) is 0 Å². The molecule has 0 aliphatic carbocycles. The third-order valence-electron chi connectivity index (χ3n) is 2.90. The molecule has 0 amide bonds. The van der Waals surface area contributed by atoms with Gasteiger partial charge in [-0.05, 0) is 24.9 Å². The molecule has 2 atom stereocenters. The molecule has 1 nitrogen and oxygen atoms in total. The molecule has 11 heavy (non-hydrogen) atoms. The topological polar surface area (TPSA) is 3.24 Å². The second kappa shape index (κ2) is 4.43. The summed E-state index contributed by atoms with van der Waals surface area (Å²) in [6.45, 7) is 7.20. The largest absolute Gasteiger partial charge is 0.327 e. The van der Waals surface area contributed by atoms with Crippen LogP contribution >= 0.6 is 0 Å². The van der Waals surface area contributed by atoms with Crippen LogP contribution in [0.2, 0.25) is 6.04 Å². The average molecular weight is 187 g/mol. The molecular weight excluding hydrogens is 166 g/mol. The van der Waals surface area contributed by atoms with Gasteiger partial charge >= 0.3 is 0 Å². The molecule has 0 N–H and O–H groups in total. The van der Waals surface area contributed by atoms with Gasteiger partial charge in [-0.25, -0.2) is 0 Å². The van der Waals surface area contributed by atoms with Crippen LogP contribution in [0.4, 0.5) is 0 Å². The summed E-state index contributed by atoms with van der Waals surface area (Å²) in [5.74, 6) is 0. The van der Waals surface area contributed by atoms with Crippen LogP contribution in [0.1, 0.15) is 33.6 Å². The normalized spacial score (nSPS) is 35.2. The van der Waals surface area contributed by atoms with E-state index >= 15 is 0 Å². The predicted molar refractivity (Wildman–Crippen MR) is 57.6 cm³/mol. The Morgan fingerprint density at radius 1 is 1.27 bits per heavy atom. The van der Waals surface area contributed by atoms with Crippen molar-refractivity contribution in [2.45, 2.75) is 51.7 Å². The maximum Gasteiger partial charge on any atom is 0.0801 e. The molecule has 0 aromatic heterocycles. The Labute approximate surface area is 75.1 Å². The summed E-state index contributed by atoms with van der Waals surface area (Å²) in [7, 11) is 0.659. The third-order valence-corrected chi connectivity index (χ3v) is 10.3. The molecule has 0 bridgehead atoms. The van der Waals surface area contributed by atoms with Gasteiger partial charge in [-0.15, -0.1) is 0 Å². The van der Waals surface area contributed by atoms with Crippen molar-refractivity contribution in [2.24, 2.45) is 0 Å². The minimum Gasteiger partial charge on any atom is -0.327 e. The fourth-order valence-corrected chi connectivity index (χ4v) is 8.65. The average Bonchev–Trinajstić information content (AvgIpc) is 2.29. The van der Waals surface area contributed by atoms with Crippen molar-refractivity contribution in [3.63, 3.8) is 0 Å². The molecule has 3 heteroatoms. The first-order chi connectivity index (χ1) is 5.25. The summed E-state index contributed by atoms with van der Waals surface area (Å²) < 4.78 is 2.86. The Kier molecular flexibility index (Phi) is 3.82. The zero-order valence-electron chi connectivity index (χ0n) is 8.14. The summed E-state index contributed by atoms with van der Waals surface area (Å²) in [6.07, 6.45) is 2.93. The van der Waals surface area contributed by atoms with Crippen molar-refractivity contribution >= 4 is 18.2 Å². The molecule has 0 spiro atoms. The van der Waals surface area contributed by atoms with Gasteiger partial charge in [-0.2, -0.15) is 0 Å². The quantitative estimate of drug-likeness (QED) is 0.581. The predicted octanol–water partition coefficient (Wildman–Crippen LogP) is 0.465. The molecule has 0 aromatic rings. The zero-order valence-corrected chi connectivity index (χ0v) is 11.0. The fraction of sp³-hybridized carbons (Fsp3) is 1.00. The van der Waals surface area contributed by atoms with E-state index in [-0.39, 0.29) is 9.20 Å². The van der Waals surface area contributed by atoms with Gasteiger partial charge in [0.2, 0.25) is 0 Å². The summed E-state index contributed by atoms with van der Waals surface area (Å²) in [4.78, 5) is 0. The Hall–Kier alpha value is 0.394. The molecule has 66 valence electrons. The van der Waals surface area contributed by atoms with Crippen molar-refractivity contribution in [2.75, 3.05) is 0 Å². The van der Waals surface area contributed by atoms with E-state index in [1.807, 2.05) is 0 Å². The Morgan fingerprint density at radius 3 is 2.27 bits per heavy atom. The van der Waals surface area contributed by atoms with Crippen LogP contribution in [0.25, 0.3) is 0 Å². The lowest BCUT2D eigenvalue weighted by Gasteiger charge is -2.25. The van der Waals surface area contributed by atoms with Crippen LogP contribution in [-0.4, -0.2) is 34.9 Å². The SMILES string of the molecule is CC[SiH2][SiH2]N1C(C)CCC1C. The van der Waals surface area contributed by atoms with Gasteiger partial charge in [0.25, 0.3) is 0 Å². The highest BCUT2D eigenvalue weighted by molar-refractivity contribution is 6.99. The summed E-state index contributed by atoms with van der Waals surface area (Å²) in [5.41, 5.74) is 0. The Balaban J connectivity index is 2.29. The number of rotatable bonds is 3. The van der Waals surface area contributed by atoms with Crippen molar-refractivity contribution in [3.8, 4) is 0 Å². The smallest absolute Gasteiger partial charge is 0.0801 e. The molecule has 1 aliphatic rings. The lowest BCUT2D eigenvalue weighted by molar-refractivity contribution is 0.373. The first-order valence-corrected chi connectivity index (χ1v) is 10.6. The minimum atomic E-state index is 0.265. The zero-order chi connectivity index (χ0) is 8.27. The van der Waals surface area contributed by atoms with Gasteiger partial charge < -0.3 is 4.57 Å². The maximum atomic E-state index is 2.86.